The van der Waals surface area contributed by atoms with Crippen molar-refractivity contribution >= 4 is 50.1 Å². The highest BCUT2D eigenvalue weighted by Crippen LogP contribution is 2.40. The number of halogens is 3. The molecule has 2 aromatic heterocycles. The van der Waals surface area contributed by atoms with Crippen molar-refractivity contribution in [3.63, 3.8) is 0 Å². The number of nitrogens with one attached hydrogen (secondary N) is 1. The van der Waals surface area contributed by atoms with Gasteiger partial charge in [-0.1, -0.05) is 11.3 Å². The second-order valence-electron chi connectivity index (χ2n) is 7.09. The highest BCUT2D eigenvalue weighted by atomic mass is 32.1. The third kappa shape index (κ3) is 4.34. The van der Waals surface area contributed by atoms with Crippen LogP contribution in [0, 0.1) is 0 Å². The van der Waals surface area contributed by atoms with E-state index < -0.39 is 30.8 Å². The van der Waals surface area contributed by atoms with E-state index in [1.165, 1.54) is 36.4 Å². The van der Waals surface area contributed by atoms with Crippen LogP contribution in [0.1, 0.15) is 10.4 Å². The molecular formula is C19H17F3N6O5S. The number of alkyl halides is 3. The van der Waals surface area contributed by atoms with Gasteiger partial charge in [-0.3, -0.25) is 9.69 Å². The van der Waals surface area contributed by atoms with E-state index in [9.17, 15) is 27.9 Å². The van der Waals surface area contributed by atoms with E-state index in [0.29, 0.717) is 21.2 Å². The number of amides is 1. The van der Waals surface area contributed by atoms with Crippen LogP contribution in [0.25, 0.3) is 10.2 Å². The van der Waals surface area contributed by atoms with E-state index >= 15 is 0 Å². The van der Waals surface area contributed by atoms with Crippen molar-refractivity contribution in [1.82, 2.24) is 9.97 Å². The number of carbonyl (C=O) groups excluding carboxylic acids is 1. The van der Waals surface area contributed by atoms with Gasteiger partial charge in [0.2, 0.25) is 6.23 Å². The summed E-state index contributed by atoms with van der Waals surface area (Å²) in [4.78, 5) is 35.1. The first-order valence-corrected chi connectivity index (χ1v) is 10.3. The van der Waals surface area contributed by atoms with Crippen LogP contribution in [0.15, 0.2) is 30.5 Å². The first kappa shape index (κ1) is 23.3. The summed E-state index contributed by atoms with van der Waals surface area (Å²) in [5, 5.41) is 12.7. The van der Waals surface area contributed by atoms with Gasteiger partial charge in [0.1, 0.15) is 5.75 Å². The summed E-state index contributed by atoms with van der Waals surface area (Å²) in [5.74, 6) is -2.10. The smallest absolute Gasteiger partial charge is 0.478 e. The molecule has 1 aliphatic heterocycles. The summed E-state index contributed by atoms with van der Waals surface area (Å²) >= 11 is 1.05. The normalized spacial score (nSPS) is 16.4. The van der Waals surface area contributed by atoms with E-state index in [1.807, 2.05) is 0 Å². The molecule has 4 N–H and O–H groups in total. The van der Waals surface area contributed by atoms with E-state index in [4.69, 9.17) is 10.5 Å². The van der Waals surface area contributed by atoms with Crippen molar-refractivity contribution in [3.05, 3.63) is 36.0 Å². The maximum absolute atomic E-state index is 12.5. The number of nitrogens with zero attached hydrogens (tertiary/aromatic N) is 4. The lowest BCUT2D eigenvalue weighted by Gasteiger charge is -2.34. The molecular weight excluding hydrogens is 481 g/mol. The van der Waals surface area contributed by atoms with Crippen molar-refractivity contribution < 1.29 is 37.3 Å². The Hall–Kier alpha value is -3.85. The Kier molecular flexibility index (Phi) is 5.82. The minimum absolute atomic E-state index is 0.116. The molecule has 2 atom stereocenters. The number of carboxylic acid groups (broad SMARTS) is 1. The highest BCUT2D eigenvalue weighted by Gasteiger charge is 2.42. The summed E-state index contributed by atoms with van der Waals surface area (Å²) in [6.45, 7) is 0. The third-order valence-corrected chi connectivity index (χ3v) is 5.85. The fourth-order valence-corrected chi connectivity index (χ4v) is 4.43. The Labute approximate surface area is 193 Å². The lowest BCUT2D eigenvalue weighted by atomic mass is 10.2. The van der Waals surface area contributed by atoms with Crippen molar-refractivity contribution in [1.29, 1.82) is 0 Å². The Morgan fingerprint density at radius 3 is 2.68 bits per heavy atom. The lowest BCUT2D eigenvalue weighted by molar-refractivity contribution is -0.274. The van der Waals surface area contributed by atoms with Crippen LogP contribution < -0.4 is 25.6 Å². The molecule has 1 aromatic carbocycles. The maximum Gasteiger partial charge on any atom is 0.573 e. The molecule has 0 fully saturated rings. The number of pyridine rings is 1. The Balaban J connectivity index is 1.71. The number of anilines is 3. The number of hydrogen-bond donors (Lipinski definition) is 3. The molecule has 34 heavy (non-hydrogen) atoms. The number of carboxylic acids is 1. The van der Waals surface area contributed by atoms with Crippen LogP contribution in [0.3, 0.4) is 0 Å². The summed E-state index contributed by atoms with van der Waals surface area (Å²) < 4.78 is 47.2. The van der Waals surface area contributed by atoms with Gasteiger partial charge in [-0.25, -0.2) is 14.8 Å². The number of methoxy groups -OCH3 is 1. The number of primary amides is 1. The van der Waals surface area contributed by atoms with Crippen molar-refractivity contribution in [2.75, 3.05) is 29.3 Å². The molecule has 15 heteroatoms. The van der Waals surface area contributed by atoms with E-state index in [2.05, 4.69) is 20.0 Å². The number of carbonyl (C=O) groups is 2. The molecule has 3 heterocycles. The Morgan fingerprint density at radius 2 is 2.06 bits per heavy atom. The SMILES string of the molecule is COC(C(N)=O)N1c2cc(C(=O)O)cnc2N(C)C1Nc1nc2ccc(OC(F)(F)F)cc2s1. The van der Waals surface area contributed by atoms with Crippen molar-refractivity contribution in [2.45, 2.75) is 18.9 Å². The number of fused-ring (bicyclic) bond motifs is 2. The number of aromatic carboxylic acids is 1. The molecule has 4 rings (SSSR count). The summed E-state index contributed by atoms with van der Waals surface area (Å²) in [7, 11) is 2.90. The zero-order valence-corrected chi connectivity index (χ0v) is 18.3. The second kappa shape index (κ2) is 8.49. The van der Waals surface area contributed by atoms with Gasteiger partial charge in [-0.05, 0) is 18.2 Å². The molecule has 1 aliphatic rings. The number of nitrogens with two attached hydrogens (primary N) is 1. The zero-order chi connectivity index (χ0) is 24.8. The summed E-state index contributed by atoms with van der Waals surface area (Å²) in [6, 6.07) is 5.06. The number of hydrogen-bond acceptors (Lipinski definition) is 10. The third-order valence-electron chi connectivity index (χ3n) is 4.90. The monoisotopic (exact) mass is 498 g/mol. The first-order valence-electron chi connectivity index (χ1n) is 9.48. The molecule has 0 saturated carbocycles. The summed E-state index contributed by atoms with van der Waals surface area (Å²) in [6.07, 6.45) is -5.81. The van der Waals surface area contributed by atoms with Gasteiger partial charge >= 0.3 is 12.3 Å². The fraction of sp³-hybridized carbons (Fsp3) is 0.263. The molecule has 2 unspecified atom stereocenters. The second-order valence-corrected chi connectivity index (χ2v) is 8.13. The molecule has 0 bridgehead atoms. The lowest BCUT2D eigenvalue weighted by Crippen LogP contribution is -2.56. The minimum Gasteiger partial charge on any atom is -0.478 e. The minimum atomic E-state index is -4.83. The molecule has 11 nitrogen and oxygen atoms in total. The van der Waals surface area contributed by atoms with Crippen LogP contribution in [0.2, 0.25) is 0 Å². The van der Waals surface area contributed by atoms with Crippen molar-refractivity contribution in [2.24, 2.45) is 5.73 Å². The van der Waals surface area contributed by atoms with Crippen LogP contribution in [-0.2, 0) is 9.53 Å². The van der Waals surface area contributed by atoms with Crippen LogP contribution in [-0.4, -0.2) is 60.0 Å². The molecule has 1 amide bonds. The standard InChI is InChI=1S/C19H17F3N6O5S/c1-27-14-11(5-8(7-24-14)16(30)31)28(15(32-2)13(23)29)18(27)26-17-25-10-4-3-9(6-12(10)34-17)33-19(20,21)22/h3-7,15,18H,1-2H3,(H2,23,29)(H,25,26)(H,30,31). The molecule has 0 saturated heterocycles. The van der Waals surface area contributed by atoms with Gasteiger partial charge in [-0.2, -0.15) is 0 Å². The largest absolute Gasteiger partial charge is 0.573 e. The van der Waals surface area contributed by atoms with Crippen LogP contribution >= 0.6 is 11.3 Å². The molecule has 0 aliphatic carbocycles. The van der Waals surface area contributed by atoms with E-state index in [1.54, 1.807) is 11.9 Å². The number of benzene rings is 1. The van der Waals surface area contributed by atoms with E-state index in [-0.39, 0.29) is 17.0 Å². The first-order chi connectivity index (χ1) is 16.0. The molecule has 0 spiro atoms. The predicted molar refractivity (Wildman–Crippen MR) is 116 cm³/mol. The summed E-state index contributed by atoms with van der Waals surface area (Å²) in [5.41, 5.74) is 6.07. The number of ether oxygens (including phenoxy) is 2. The highest BCUT2D eigenvalue weighted by molar-refractivity contribution is 7.22. The van der Waals surface area contributed by atoms with Gasteiger partial charge in [0, 0.05) is 26.4 Å². The number of thiazole rings is 1. The van der Waals surface area contributed by atoms with Gasteiger partial charge in [0.25, 0.3) is 5.91 Å². The fourth-order valence-electron chi connectivity index (χ4n) is 3.52. The Bertz CT molecular complexity index is 1270. The maximum atomic E-state index is 12.5. The quantitative estimate of drug-likeness (QED) is 0.444. The zero-order valence-electron chi connectivity index (χ0n) is 17.5. The average Bonchev–Trinajstić information content (AvgIpc) is 3.26. The van der Waals surface area contributed by atoms with Crippen molar-refractivity contribution in [3.8, 4) is 5.75 Å². The number of rotatable bonds is 7. The Morgan fingerprint density at radius 1 is 1.32 bits per heavy atom. The molecule has 180 valence electrons. The van der Waals surface area contributed by atoms with Crippen LogP contribution in [0.5, 0.6) is 5.75 Å². The van der Waals surface area contributed by atoms with Gasteiger partial charge in [0.05, 0.1) is 21.5 Å². The van der Waals surface area contributed by atoms with Crippen LogP contribution in [0.4, 0.5) is 29.8 Å². The number of aromatic nitrogens is 2. The van der Waals surface area contributed by atoms with Gasteiger partial charge in [0.15, 0.2) is 17.2 Å². The average molecular weight is 498 g/mol. The van der Waals surface area contributed by atoms with Gasteiger partial charge < -0.3 is 30.5 Å². The molecule has 0 radical (unpaired) electrons. The topological polar surface area (TPSA) is 143 Å². The van der Waals surface area contributed by atoms with Gasteiger partial charge in [-0.15, -0.1) is 13.2 Å². The molecule has 3 aromatic rings. The predicted octanol–water partition coefficient (Wildman–Crippen LogP) is 2.40. The van der Waals surface area contributed by atoms with E-state index in [0.717, 1.165) is 17.4 Å².